The third-order valence-corrected chi connectivity index (χ3v) is 5.99. The second-order valence-corrected chi connectivity index (χ2v) is 8.48. The predicted molar refractivity (Wildman–Crippen MR) is 127 cm³/mol. The largest absolute Gasteiger partial charge is 0.491 e. The lowest BCUT2D eigenvalue weighted by Crippen LogP contribution is -2.26. The average molecular weight is 464 g/mol. The Kier molecular flexibility index (Phi) is 9.38. The summed E-state index contributed by atoms with van der Waals surface area (Å²) in [4.78, 5) is 9.37. The molecule has 1 saturated carbocycles. The Hall–Kier alpha value is -2.09. The number of methoxy groups -OCH3 is 1. The highest BCUT2D eigenvalue weighted by Crippen LogP contribution is 2.32. The van der Waals surface area contributed by atoms with E-state index in [-0.39, 0.29) is 18.5 Å². The number of anilines is 1. The average Bonchev–Trinajstić information content (AvgIpc) is 3.30. The van der Waals surface area contributed by atoms with Gasteiger partial charge >= 0.3 is 0 Å². The van der Waals surface area contributed by atoms with E-state index in [2.05, 4.69) is 17.2 Å². The van der Waals surface area contributed by atoms with Crippen molar-refractivity contribution in [3.8, 4) is 22.8 Å². The number of ether oxygens (including phenoxy) is 4. The lowest BCUT2D eigenvalue weighted by Gasteiger charge is -2.27. The van der Waals surface area contributed by atoms with Crippen LogP contribution in [0.5, 0.6) is 11.6 Å². The Morgan fingerprint density at radius 2 is 1.84 bits per heavy atom. The SMILES string of the molecule is COCCOc1ccc(-c2cnc(N[C@H]3CC[C@H](C)CC3)nc2O[C@@H]2CCOC2)cc1.Cl. The van der Waals surface area contributed by atoms with Crippen LogP contribution in [0.2, 0.25) is 0 Å². The minimum atomic E-state index is 0. The summed E-state index contributed by atoms with van der Waals surface area (Å²) < 4.78 is 22.4. The molecule has 1 aliphatic carbocycles. The van der Waals surface area contributed by atoms with Gasteiger partial charge in [0.2, 0.25) is 11.8 Å². The molecule has 0 radical (unpaired) electrons. The van der Waals surface area contributed by atoms with Crippen LogP contribution >= 0.6 is 12.4 Å². The van der Waals surface area contributed by atoms with Crippen molar-refractivity contribution in [3.63, 3.8) is 0 Å². The molecule has 0 bridgehead atoms. The highest BCUT2D eigenvalue weighted by atomic mass is 35.5. The van der Waals surface area contributed by atoms with Gasteiger partial charge in [0, 0.05) is 25.8 Å². The zero-order chi connectivity index (χ0) is 21.5. The normalized spacial score (nSPS) is 22.8. The maximum absolute atomic E-state index is 6.25. The highest BCUT2D eigenvalue weighted by Gasteiger charge is 2.23. The van der Waals surface area contributed by atoms with Gasteiger partial charge < -0.3 is 24.3 Å². The molecule has 0 amide bonds. The molecular formula is C24H34ClN3O4. The summed E-state index contributed by atoms with van der Waals surface area (Å²) in [6.07, 6.45) is 7.56. The van der Waals surface area contributed by atoms with Gasteiger partial charge in [-0.25, -0.2) is 4.98 Å². The molecule has 1 saturated heterocycles. The topological polar surface area (TPSA) is 74.7 Å². The van der Waals surface area contributed by atoms with Crippen LogP contribution in [0, 0.1) is 5.92 Å². The number of benzene rings is 1. The Balaban J connectivity index is 0.00000289. The van der Waals surface area contributed by atoms with Crippen molar-refractivity contribution >= 4 is 18.4 Å². The monoisotopic (exact) mass is 463 g/mol. The van der Waals surface area contributed by atoms with Gasteiger partial charge in [-0.3, -0.25) is 0 Å². The molecule has 4 rings (SSSR count). The van der Waals surface area contributed by atoms with E-state index in [1.54, 1.807) is 7.11 Å². The highest BCUT2D eigenvalue weighted by molar-refractivity contribution is 5.85. The molecule has 2 aliphatic rings. The number of hydrogen-bond donors (Lipinski definition) is 1. The summed E-state index contributed by atoms with van der Waals surface area (Å²) in [5, 5.41) is 3.52. The molecule has 0 unspecified atom stereocenters. The van der Waals surface area contributed by atoms with Crippen LogP contribution in [-0.4, -0.2) is 55.7 Å². The molecule has 176 valence electrons. The van der Waals surface area contributed by atoms with Gasteiger partial charge in [0.1, 0.15) is 18.5 Å². The summed E-state index contributed by atoms with van der Waals surface area (Å²) in [6.45, 7) is 4.73. The maximum Gasteiger partial charge on any atom is 0.226 e. The minimum Gasteiger partial charge on any atom is -0.491 e. The predicted octanol–water partition coefficient (Wildman–Crippen LogP) is 4.75. The summed E-state index contributed by atoms with van der Waals surface area (Å²) in [5.74, 6) is 2.85. The first kappa shape index (κ1) is 24.6. The van der Waals surface area contributed by atoms with E-state index in [1.807, 2.05) is 30.5 Å². The first-order valence-corrected chi connectivity index (χ1v) is 11.3. The number of hydrogen-bond acceptors (Lipinski definition) is 7. The van der Waals surface area contributed by atoms with Crippen molar-refractivity contribution in [2.45, 2.75) is 51.2 Å². The zero-order valence-electron chi connectivity index (χ0n) is 18.9. The molecule has 8 heteroatoms. The molecule has 2 aromatic rings. The van der Waals surface area contributed by atoms with E-state index in [0.29, 0.717) is 37.7 Å². The molecule has 7 nitrogen and oxygen atoms in total. The van der Waals surface area contributed by atoms with E-state index in [9.17, 15) is 0 Å². The molecule has 0 spiro atoms. The summed E-state index contributed by atoms with van der Waals surface area (Å²) in [5.41, 5.74) is 1.87. The summed E-state index contributed by atoms with van der Waals surface area (Å²) >= 11 is 0. The Morgan fingerprint density at radius 3 is 2.53 bits per heavy atom. The van der Waals surface area contributed by atoms with Gasteiger partial charge in [-0.2, -0.15) is 4.98 Å². The van der Waals surface area contributed by atoms with E-state index >= 15 is 0 Å². The van der Waals surface area contributed by atoms with Gasteiger partial charge in [0.05, 0.1) is 25.4 Å². The molecule has 2 fully saturated rings. The number of nitrogens with one attached hydrogen (secondary N) is 1. The van der Waals surface area contributed by atoms with Crippen LogP contribution in [0.25, 0.3) is 11.1 Å². The fourth-order valence-corrected chi connectivity index (χ4v) is 4.05. The van der Waals surface area contributed by atoms with Crippen LogP contribution in [0.3, 0.4) is 0 Å². The maximum atomic E-state index is 6.25. The number of aromatic nitrogens is 2. The molecule has 1 N–H and O–H groups in total. The quantitative estimate of drug-likeness (QED) is 0.538. The first-order valence-electron chi connectivity index (χ1n) is 11.3. The van der Waals surface area contributed by atoms with E-state index < -0.39 is 0 Å². The molecule has 1 aromatic carbocycles. The minimum absolute atomic E-state index is 0. The van der Waals surface area contributed by atoms with Crippen molar-refractivity contribution in [1.82, 2.24) is 9.97 Å². The molecule has 32 heavy (non-hydrogen) atoms. The van der Waals surface area contributed by atoms with Crippen LogP contribution in [0.4, 0.5) is 5.95 Å². The second kappa shape index (κ2) is 12.2. The molecule has 1 aliphatic heterocycles. The van der Waals surface area contributed by atoms with Gasteiger partial charge in [-0.1, -0.05) is 19.1 Å². The van der Waals surface area contributed by atoms with Gasteiger partial charge in [-0.05, 0) is 49.3 Å². The summed E-state index contributed by atoms with van der Waals surface area (Å²) in [6, 6.07) is 8.34. The molecule has 1 aromatic heterocycles. The van der Waals surface area contributed by atoms with E-state index in [1.165, 1.54) is 12.8 Å². The Labute approximate surface area is 196 Å². The van der Waals surface area contributed by atoms with Crippen molar-refractivity contribution in [2.75, 3.05) is 38.9 Å². The zero-order valence-corrected chi connectivity index (χ0v) is 19.7. The number of nitrogens with zero attached hydrogens (tertiary/aromatic N) is 2. The molecule has 2 heterocycles. The van der Waals surface area contributed by atoms with Crippen LogP contribution in [-0.2, 0) is 9.47 Å². The van der Waals surface area contributed by atoms with Gasteiger partial charge in [-0.15, -0.1) is 12.4 Å². The third-order valence-electron chi connectivity index (χ3n) is 5.99. The van der Waals surface area contributed by atoms with Crippen molar-refractivity contribution in [1.29, 1.82) is 0 Å². The Morgan fingerprint density at radius 1 is 1.06 bits per heavy atom. The molecular weight excluding hydrogens is 430 g/mol. The first-order chi connectivity index (χ1) is 15.2. The van der Waals surface area contributed by atoms with Crippen LogP contribution in [0.15, 0.2) is 30.5 Å². The fraction of sp³-hybridized carbons (Fsp3) is 0.583. The fourth-order valence-electron chi connectivity index (χ4n) is 4.05. The van der Waals surface area contributed by atoms with Crippen molar-refractivity contribution in [3.05, 3.63) is 30.5 Å². The Bertz CT molecular complexity index is 822. The van der Waals surface area contributed by atoms with E-state index in [0.717, 1.165) is 48.7 Å². The number of halogens is 1. The van der Waals surface area contributed by atoms with Crippen molar-refractivity contribution in [2.24, 2.45) is 5.92 Å². The smallest absolute Gasteiger partial charge is 0.226 e. The summed E-state index contributed by atoms with van der Waals surface area (Å²) in [7, 11) is 1.66. The lowest BCUT2D eigenvalue weighted by molar-refractivity contribution is 0.138. The van der Waals surface area contributed by atoms with Crippen molar-refractivity contribution < 1.29 is 18.9 Å². The van der Waals surface area contributed by atoms with Gasteiger partial charge in [0.15, 0.2) is 0 Å². The molecule has 1 atom stereocenters. The number of rotatable bonds is 9. The standard InChI is InChI=1S/C24H33N3O4.ClH/c1-17-3-7-19(8-4-17)26-24-25-15-22(23(27-24)31-21-11-12-29-16-21)18-5-9-20(10-6-18)30-14-13-28-2;/h5-6,9-10,15,17,19,21H,3-4,7-8,11-14,16H2,1-2H3,(H,25,26,27);1H/t17-,19-,21-;/m1./s1. The third kappa shape index (κ3) is 6.70. The van der Waals surface area contributed by atoms with E-state index in [4.69, 9.17) is 23.9 Å². The second-order valence-electron chi connectivity index (χ2n) is 8.48. The van der Waals surface area contributed by atoms with Crippen LogP contribution in [0.1, 0.15) is 39.0 Å². The van der Waals surface area contributed by atoms with Gasteiger partial charge in [0.25, 0.3) is 0 Å². The van der Waals surface area contributed by atoms with Crippen LogP contribution < -0.4 is 14.8 Å². The lowest BCUT2D eigenvalue weighted by atomic mass is 9.87.